The van der Waals surface area contributed by atoms with Crippen LogP contribution in [-0.4, -0.2) is 32.1 Å². The van der Waals surface area contributed by atoms with Crippen molar-refractivity contribution in [2.75, 3.05) is 25.0 Å². The van der Waals surface area contributed by atoms with E-state index in [1.807, 2.05) is 13.1 Å². The molecule has 0 aliphatic carbocycles. The number of anilines is 1. The predicted molar refractivity (Wildman–Crippen MR) is 78.4 cm³/mol. The number of hydrogen-bond donors (Lipinski definition) is 2. The molecule has 1 aliphatic rings. The topological polar surface area (TPSA) is 44.4 Å². The van der Waals surface area contributed by atoms with E-state index in [4.69, 9.17) is 0 Å². The summed E-state index contributed by atoms with van der Waals surface area (Å²) in [5.41, 5.74) is 3.44. The lowest BCUT2D eigenvalue weighted by molar-refractivity contribution is -0.117. The van der Waals surface area contributed by atoms with E-state index in [2.05, 4.69) is 36.6 Å². The van der Waals surface area contributed by atoms with Gasteiger partial charge < -0.3 is 15.5 Å². The Morgan fingerprint density at radius 3 is 2.84 bits per heavy atom. The average molecular weight is 261 g/mol. The molecule has 0 saturated carbocycles. The van der Waals surface area contributed by atoms with Gasteiger partial charge in [-0.05, 0) is 17.2 Å². The van der Waals surface area contributed by atoms with Crippen LogP contribution in [-0.2, 0) is 17.8 Å². The Labute approximate surface area is 115 Å². The largest absolute Gasteiger partial charge is 0.315 e. The summed E-state index contributed by atoms with van der Waals surface area (Å²) < 4.78 is 0. The maximum absolute atomic E-state index is 11.6. The maximum Gasteiger partial charge on any atom is 0.231 e. The van der Waals surface area contributed by atoms with Crippen LogP contribution in [0.5, 0.6) is 0 Å². The lowest BCUT2D eigenvalue weighted by Crippen LogP contribution is -2.31. The smallest absolute Gasteiger partial charge is 0.231 e. The number of likely N-dealkylation sites (N-methyl/N-ethyl adjacent to an activating group) is 1. The number of carbonyl (C=O) groups excluding carboxylic acids is 1. The Morgan fingerprint density at radius 2 is 2.11 bits per heavy atom. The molecule has 1 amide bonds. The number of carbonyl (C=O) groups is 1. The van der Waals surface area contributed by atoms with Crippen LogP contribution in [0.4, 0.5) is 5.69 Å². The highest BCUT2D eigenvalue weighted by atomic mass is 16.2. The van der Waals surface area contributed by atoms with E-state index in [9.17, 15) is 4.79 Å². The second-order valence-electron chi connectivity index (χ2n) is 5.38. The first-order valence-electron chi connectivity index (χ1n) is 6.90. The first-order chi connectivity index (χ1) is 9.08. The summed E-state index contributed by atoms with van der Waals surface area (Å²) in [6.07, 6.45) is 0.536. The van der Waals surface area contributed by atoms with Gasteiger partial charge >= 0.3 is 0 Å². The van der Waals surface area contributed by atoms with Gasteiger partial charge in [0.1, 0.15) is 0 Å². The lowest BCUT2D eigenvalue weighted by atomic mass is 10.1. The van der Waals surface area contributed by atoms with Crippen molar-refractivity contribution in [1.29, 1.82) is 0 Å². The molecular weight excluding hydrogens is 238 g/mol. The van der Waals surface area contributed by atoms with E-state index in [0.717, 1.165) is 30.9 Å². The normalized spacial score (nSPS) is 14.3. The summed E-state index contributed by atoms with van der Waals surface area (Å²) in [5.74, 6) is 0.182. The average Bonchev–Trinajstić information content (AvgIpc) is 2.64. The van der Waals surface area contributed by atoms with Crippen LogP contribution in [0.1, 0.15) is 25.0 Å². The van der Waals surface area contributed by atoms with E-state index in [1.165, 1.54) is 5.56 Å². The standard InChI is InChI=1S/C15H23N3O/c1-11(2)17-7-6-16-10-12-4-5-14-13(8-12)9-15(19)18(14)3/h4-5,8,11,16-17H,6-7,9-10H2,1-3H3. The van der Waals surface area contributed by atoms with Crippen molar-refractivity contribution in [3.05, 3.63) is 29.3 Å². The molecule has 4 heteroatoms. The molecule has 2 rings (SSSR count). The highest BCUT2D eigenvalue weighted by Gasteiger charge is 2.23. The summed E-state index contributed by atoms with van der Waals surface area (Å²) in [6.45, 7) is 7.07. The minimum atomic E-state index is 0.182. The molecule has 1 aliphatic heterocycles. The Bertz CT molecular complexity index is 457. The molecule has 0 bridgehead atoms. The van der Waals surface area contributed by atoms with Crippen molar-refractivity contribution in [3.8, 4) is 0 Å². The van der Waals surface area contributed by atoms with Crippen LogP contribution in [0, 0.1) is 0 Å². The molecule has 1 heterocycles. The van der Waals surface area contributed by atoms with Crippen LogP contribution < -0.4 is 15.5 Å². The summed E-state index contributed by atoms with van der Waals surface area (Å²) >= 11 is 0. The van der Waals surface area contributed by atoms with Gasteiger partial charge in [0.2, 0.25) is 5.91 Å². The Balaban J connectivity index is 1.83. The molecule has 0 saturated heterocycles. The molecule has 1 aromatic rings. The molecule has 19 heavy (non-hydrogen) atoms. The number of hydrogen-bond acceptors (Lipinski definition) is 3. The first kappa shape index (κ1) is 14.0. The molecule has 104 valence electrons. The summed E-state index contributed by atoms with van der Waals surface area (Å²) in [4.78, 5) is 13.3. The zero-order valence-corrected chi connectivity index (χ0v) is 12.0. The minimum absolute atomic E-state index is 0.182. The lowest BCUT2D eigenvalue weighted by Gasteiger charge is -2.11. The quantitative estimate of drug-likeness (QED) is 0.759. The van der Waals surface area contributed by atoms with Gasteiger partial charge in [0.05, 0.1) is 6.42 Å². The van der Waals surface area contributed by atoms with Crippen molar-refractivity contribution in [1.82, 2.24) is 10.6 Å². The van der Waals surface area contributed by atoms with Gasteiger partial charge in [0, 0.05) is 38.4 Å². The number of nitrogens with one attached hydrogen (secondary N) is 2. The second-order valence-corrected chi connectivity index (χ2v) is 5.38. The van der Waals surface area contributed by atoms with Crippen molar-refractivity contribution in [2.45, 2.75) is 32.9 Å². The van der Waals surface area contributed by atoms with Crippen LogP contribution in [0.3, 0.4) is 0 Å². The highest BCUT2D eigenvalue weighted by molar-refractivity contribution is 6.00. The molecule has 4 nitrogen and oxygen atoms in total. The summed E-state index contributed by atoms with van der Waals surface area (Å²) in [7, 11) is 1.84. The van der Waals surface area contributed by atoms with Crippen LogP contribution in [0.2, 0.25) is 0 Å². The number of nitrogens with zero attached hydrogens (tertiary/aromatic N) is 1. The van der Waals surface area contributed by atoms with Gasteiger partial charge in [-0.1, -0.05) is 26.0 Å². The fraction of sp³-hybridized carbons (Fsp3) is 0.533. The fourth-order valence-electron chi connectivity index (χ4n) is 2.32. The molecule has 0 atom stereocenters. The summed E-state index contributed by atoms with van der Waals surface area (Å²) in [5, 5.41) is 6.78. The minimum Gasteiger partial charge on any atom is -0.315 e. The SMILES string of the molecule is CC(C)NCCNCc1ccc2c(c1)CC(=O)N2C. The van der Waals surface area contributed by atoms with Crippen molar-refractivity contribution in [2.24, 2.45) is 0 Å². The fourth-order valence-corrected chi connectivity index (χ4v) is 2.32. The van der Waals surface area contributed by atoms with Gasteiger partial charge in [-0.3, -0.25) is 4.79 Å². The zero-order chi connectivity index (χ0) is 13.8. The third kappa shape index (κ3) is 3.55. The maximum atomic E-state index is 11.6. The Morgan fingerprint density at radius 1 is 1.32 bits per heavy atom. The van der Waals surface area contributed by atoms with Crippen molar-refractivity contribution >= 4 is 11.6 Å². The van der Waals surface area contributed by atoms with Gasteiger partial charge in [-0.2, -0.15) is 0 Å². The highest BCUT2D eigenvalue weighted by Crippen LogP contribution is 2.28. The molecule has 2 N–H and O–H groups in total. The molecule has 0 spiro atoms. The molecule has 0 unspecified atom stereocenters. The third-order valence-corrected chi connectivity index (χ3v) is 3.40. The number of amides is 1. The van der Waals surface area contributed by atoms with Crippen LogP contribution in [0.25, 0.3) is 0 Å². The first-order valence-corrected chi connectivity index (χ1v) is 6.90. The Kier molecular flexibility index (Phi) is 4.56. The second kappa shape index (κ2) is 6.17. The van der Waals surface area contributed by atoms with E-state index in [1.54, 1.807) is 4.90 Å². The van der Waals surface area contributed by atoms with Gasteiger partial charge in [0.25, 0.3) is 0 Å². The van der Waals surface area contributed by atoms with Crippen LogP contribution in [0.15, 0.2) is 18.2 Å². The van der Waals surface area contributed by atoms with E-state index < -0.39 is 0 Å². The van der Waals surface area contributed by atoms with Gasteiger partial charge in [-0.15, -0.1) is 0 Å². The van der Waals surface area contributed by atoms with Crippen molar-refractivity contribution < 1.29 is 4.79 Å². The Hall–Kier alpha value is -1.39. The van der Waals surface area contributed by atoms with E-state index in [-0.39, 0.29) is 5.91 Å². The van der Waals surface area contributed by atoms with Crippen molar-refractivity contribution in [3.63, 3.8) is 0 Å². The molecule has 1 aromatic carbocycles. The number of fused-ring (bicyclic) bond motifs is 1. The van der Waals surface area contributed by atoms with E-state index in [0.29, 0.717) is 12.5 Å². The molecule has 0 aromatic heterocycles. The number of benzene rings is 1. The van der Waals surface area contributed by atoms with Gasteiger partial charge in [-0.25, -0.2) is 0 Å². The summed E-state index contributed by atoms with van der Waals surface area (Å²) in [6, 6.07) is 6.81. The van der Waals surface area contributed by atoms with Gasteiger partial charge in [0.15, 0.2) is 0 Å². The molecule has 0 radical (unpaired) electrons. The predicted octanol–water partition coefficient (Wildman–Crippen LogP) is 1.29. The third-order valence-electron chi connectivity index (χ3n) is 3.40. The molecule has 0 fully saturated rings. The zero-order valence-electron chi connectivity index (χ0n) is 12.0. The molecular formula is C15H23N3O. The van der Waals surface area contributed by atoms with Crippen LogP contribution >= 0.6 is 0 Å². The number of rotatable bonds is 6. The van der Waals surface area contributed by atoms with E-state index >= 15 is 0 Å². The monoisotopic (exact) mass is 261 g/mol.